The van der Waals surface area contributed by atoms with Crippen molar-refractivity contribution in [1.29, 1.82) is 0 Å². The third-order valence-corrected chi connectivity index (χ3v) is 6.06. The van der Waals surface area contributed by atoms with Gasteiger partial charge in [-0.05, 0) is 95.4 Å². The van der Waals surface area contributed by atoms with Crippen LogP contribution in [-0.2, 0) is 4.79 Å². The normalized spacial score (nSPS) is 24.4. The number of hydrogen-bond donors (Lipinski definition) is 2. The third-order valence-electron chi connectivity index (χ3n) is 6.06. The monoisotopic (exact) mass is 446 g/mol. The summed E-state index contributed by atoms with van der Waals surface area (Å²) < 4.78 is 5.08. The van der Waals surface area contributed by atoms with Crippen LogP contribution in [0.2, 0.25) is 0 Å². The Morgan fingerprint density at radius 3 is 2.19 bits per heavy atom. The molecule has 3 rings (SSSR count). The minimum absolute atomic E-state index is 0.0238. The van der Waals surface area contributed by atoms with E-state index >= 15 is 0 Å². The molecule has 2 aliphatic carbocycles. The Balaban J connectivity index is 0.000000289. The Kier molecular flexibility index (Phi) is 10.6. The number of rotatable bonds is 2. The first kappa shape index (κ1) is 27.9. The molecule has 5 nitrogen and oxygen atoms in total. The Morgan fingerprint density at radius 1 is 1.12 bits per heavy atom. The number of aliphatic hydroxyl groups excluding tert-OH is 1. The van der Waals surface area contributed by atoms with Crippen molar-refractivity contribution in [2.24, 2.45) is 16.7 Å². The standard InChI is InChI=1S/C12H14O4.C12H20O.C3H8/c1-12(2,3)11(15)16-9-6-4-8(5-7-9)10(13)14;1-9-3-4-10-11(13)6-8-12(10,2)7-5-9;1-3-2/h4-7H,1-3H3,(H,13,14);5,10-11,13H,3-4,6-8H2,1-2H3;3H2,1-2H3. The quantitative estimate of drug-likeness (QED) is 0.302. The first-order chi connectivity index (χ1) is 14.8. The highest BCUT2D eigenvalue weighted by Crippen LogP contribution is 2.50. The fourth-order valence-corrected chi connectivity index (χ4v) is 3.94. The number of allylic oxidation sites excluding steroid dienone is 2. The number of carboxylic acid groups (broad SMARTS) is 1. The van der Waals surface area contributed by atoms with Crippen molar-refractivity contribution in [3.8, 4) is 5.75 Å². The summed E-state index contributed by atoms with van der Waals surface area (Å²) in [5.41, 5.74) is 1.50. The molecule has 1 aromatic rings. The van der Waals surface area contributed by atoms with Crippen LogP contribution >= 0.6 is 0 Å². The largest absolute Gasteiger partial charge is 0.478 e. The van der Waals surface area contributed by atoms with Gasteiger partial charge in [0.25, 0.3) is 0 Å². The molecule has 1 aromatic carbocycles. The number of benzene rings is 1. The molecule has 2 aliphatic rings. The van der Waals surface area contributed by atoms with E-state index in [2.05, 4.69) is 33.8 Å². The number of carbonyl (C=O) groups is 2. The van der Waals surface area contributed by atoms with Gasteiger partial charge >= 0.3 is 11.9 Å². The summed E-state index contributed by atoms with van der Waals surface area (Å²) in [6, 6.07) is 5.72. The van der Waals surface area contributed by atoms with Gasteiger partial charge in [-0.3, -0.25) is 4.79 Å². The van der Waals surface area contributed by atoms with Crippen LogP contribution in [0.5, 0.6) is 5.75 Å². The first-order valence-corrected chi connectivity index (χ1v) is 11.7. The summed E-state index contributed by atoms with van der Waals surface area (Å²) in [6.45, 7) is 14.1. The second-order valence-corrected chi connectivity index (χ2v) is 10.3. The maximum atomic E-state index is 11.5. The lowest BCUT2D eigenvalue weighted by molar-refractivity contribution is -0.143. The Bertz CT molecular complexity index is 772. The van der Waals surface area contributed by atoms with Gasteiger partial charge in [-0.25, -0.2) is 4.79 Å². The van der Waals surface area contributed by atoms with Crippen LogP contribution in [0.15, 0.2) is 35.9 Å². The third kappa shape index (κ3) is 8.42. The molecule has 5 heteroatoms. The average molecular weight is 447 g/mol. The van der Waals surface area contributed by atoms with Gasteiger partial charge in [0.05, 0.1) is 17.1 Å². The van der Waals surface area contributed by atoms with E-state index in [9.17, 15) is 14.7 Å². The molecular weight excluding hydrogens is 404 g/mol. The van der Waals surface area contributed by atoms with Crippen molar-refractivity contribution in [2.75, 3.05) is 0 Å². The number of esters is 1. The summed E-state index contributed by atoms with van der Waals surface area (Å²) in [7, 11) is 0. The van der Waals surface area contributed by atoms with E-state index in [1.54, 1.807) is 20.8 Å². The van der Waals surface area contributed by atoms with Gasteiger partial charge in [-0.15, -0.1) is 0 Å². The second kappa shape index (κ2) is 12.2. The molecule has 180 valence electrons. The first-order valence-electron chi connectivity index (χ1n) is 11.7. The van der Waals surface area contributed by atoms with Crippen LogP contribution < -0.4 is 4.74 Å². The number of carboxylic acids is 1. The van der Waals surface area contributed by atoms with E-state index in [1.165, 1.54) is 61.9 Å². The van der Waals surface area contributed by atoms with Crippen LogP contribution in [-0.4, -0.2) is 28.3 Å². The van der Waals surface area contributed by atoms with E-state index in [0.29, 0.717) is 17.1 Å². The van der Waals surface area contributed by atoms with Crippen molar-refractivity contribution in [1.82, 2.24) is 0 Å². The molecule has 2 N–H and O–H groups in total. The topological polar surface area (TPSA) is 83.8 Å². The summed E-state index contributed by atoms with van der Waals surface area (Å²) in [5, 5.41) is 18.6. The lowest BCUT2D eigenvalue weighted by atomic mass is 9.76. The molecule has 32 heavy (non-hydrogen) atoms. The Labute approximate surface area is 193 Å². The minimum Gasteiger partial charge on any atom is -0.478 e. The molecule has 0 spiro atoms. The fraction of sp³-hybridized carbons (Fsp3) is 0.630. The fourth-order valence-electron chi connectivity index (χ4n) is 3.94. The SMILES string of the molecule is CC(C)(C)C(=O)Oc1ccc(C(=O)O)cc1.CC1=CCC2(C)CCC(O)C2CC1.CCC. The Morgan fingerprint density at radius 2 is 1.69 bits per heavy atom. The predicted molar refractivity (Wildman–Crippen MR) is 129 cm³/mol. The molecule has 0 bridgehead atoms. The van der Waals surface area contributed by atoms with E-state index in [0.717, 1.165) is 6.42 Å². The zero-order valence-electron chi connectivity index (χ0n) is 20.9. The average Bonchev–Trinajstić information content (AvgIpc) is 2.90. The smallest absolute Gasteiger partial charge is 0.335 e. The van der Waals surface area contributed by atoms with Crippen molar-refractivity contribution >= 4 is 11.9 Å². The molecule has 0 aromatic heterocycles. The second-order valence-electron chi connectivity index (χ2n) is 10.3. The number of carbonyl (C=O) groups excluding carboxylic acids is 1. The summed E-state index contributed by atoms with van der Waals surface area (Å²) in [4.78, 5) is 22.1. The van der Waals surface area contributed by atoms with Gasteiger partial charge in [0, 0.05) is 0 Å². The van der Waals surface area contributed by atoms with Crippen molar-refractivity contribution < 1.29 is 24.5 Å². The van der Waals surface area contributed by atoms with Gasteiger partial charge in [-0.2, -0.15) is 0 Å². The lowest BCUT2D eigenvalue weighted by Crippen LogP contribution is -2.26. The number of aromatic carboxylic acids is 1. The highest BCUT2D eigenvalue weighted by Gasteiger charge is 2.43. The van der Waals surface area contributed by atoms with Crippen LogP contribution in [0.1, 0.15) is 97.3 Å². The van der Waals surface area contributed by atoms with Crippen LogP contribution in [0.25, 0.3) is 0 Å². The summed E-state index contributed by atoms with van der Waals surface area (Å²) in [5.74, 6) is -0.449. The molecule has 0 saturated heterocycles. The molecule has 1 saturated carbocycles. The molecule has 0 heterocycles. The summed E-state index contributed by atoms with van der Waals surface area (Å²) >= 11 is 0. The molecular formula is C27H42O5. The maximum Gasteiger partial charge on any atom is 0.335 e. The van der Waals surface area contributed by atoms with E-state index in [4.69, 9.17) is 9.84 Å². The van der Waals surface area contributed by atoms with Crippen LogP contribution in [0.4, 0.5) is 0 Å². The van der Waals surface area contributed by atoms with Crippen molar-refractivity contribution in [3.05, 3.63) is 41.5 Å². The predicted octanol–water partition coefficient (Wildman–Crippen LogP) is 6.65. The highest BCUT2D eigenvalue weighted by molar-refractivity contribution is 5.87. The van der Waals surface area contributed by atoms with Gasteiger partial charge in [-0.1, -0.05) is 38.8 Å². The maximum absolute atomic E-state index is 11.5. The molecule has 1 fully saturated rings. The van der Waals surface area contributed by atoms with E-state index in [1.807, 2.05) is 0 Å². The van der Waals surface area contributed by atoms with E-state index < -0.39 is 11.4 Å². The molecule has 0 amide bonds. The zero-order valence-corrected chi connectivity index (χ0v) is 20.9. The Hall–Kier alpha value is -2.14. The van der Waals surface area contributed by atoms with E-state index in [-0.39, 0.29) is 17.6 Å². The van der Waals surface area contributed by atoms with Gasteiger partial charge in [0.2, 0.25) is 0 Å². The molecule has 0 aliphatic heterocycles. The minimum atomic E-state index is -1.01. The van der Waals surface area contributed by atoms with Crippen LogP contribution in [0, 0.1) is 16.7 Å². The van der Waals surface area contributed by atoms with Gasteiger partial charge in [0.1, 0.15) is 5.75 Å². The number of aliphatic hydroxyl groups is 1. The van der Waals surface area contributed by atoms with Crippen molar-refractivity contribution in [3.63, 3.8) is 0 Å². The summed E-state index contributed by atoms with van der Waals surface area (Å²) in [6.07, 6.45) is 9.41. The molecule has 3 atom stereocenters. The zero-order chi connectivity index (χ0) is 24.5. The van der Waals surface area contributed by atoms with Crippen molar-refractivity contribution in [2.45, 2.75) is 93.1 Å². The number of fused-ring (bicyclic) bond motifs is 1. The lowest BCUT2D eigenvalue weighted by Gasteiger charge is -2.30. The molecule has 3 unspecified atom stereocenters. The van der Waals surface area contributed by atoms with Gasteiger partial charge < -0.3 is 14.9 Å². The number of hydrogen-bond acceptors (Lipinski definition) is 4. The molecule has 0 radical (unpaired) electrons. The van der Waals surface area contributed by atoms with Gasteiger partial charge in [0.15, 0.2) is 0 Å². The highest BCUT2D eigenvalue weighted by atomic mass is 16.5. The van der Waals surface area contributed by atoms with Crippen LogP contribution in [0.3, 0.4) is 0 Å². The number of ether oxygens (including phenoxy) is 1.